The molecule has 1 unspecified atom stereocenters. The Bertz CT molecular complexity index is 560. The smallest absolute Gasteiger partial charge is 0.0541 e. The van der Waals surface area contributed by atoms with Gasteiger partial charge in [0, 0.05) is 16.7 Å². The molecule has 20 heavy (non-hydrogen) atoms. The second kappa shape index (κ2) is 7.70. The van der Waals surface area contributed by atoms with Crippen LogP contribution in [0.5, 0.6) is 0 Å². The predicted molar refractivity (Wildman–Crippen MR) is 88.2 cm³/mol. The van der Waals surface area contributed by atoms with Gasteiger partial charge in [-0.25, -0.2) is 0 Å². The molecule has 0 saturated heterocycles. The molecule has 2 aromatic rings. The van der Waals surface area contributed by atoms with Crippen molar-refractivity contribution in [2.45, 2.75) is 24.3 Å². The lowest BCUT2D eigenvalue weighted by Crippen LogP contribution is -2.38. The number of hydrazine groups is 1. The Morgan fingerprint density at radius 1 is 1.20 bits per heavy atom. The maximum Gasteiger partial charge on any atom is 0.0541 e. The van der Waals surface area contributed by atoms with Crippen LogP contribution in [0.1, 0.15) is 11.1 Å². The van der Waals surface area contributed by atoms with Crippen molar-refractivity contribution in [2.24, 2.45) is 5.84 Å². The Hall–Kier alpha value is -1.00. The molecular weight excluding hydrogens is 288 g/mol. The Morgan fingerprint density at radius 3 is 2.70 bits per heavy atom. The Labute approximate surface area is 129 Å². The molecule has 0 aliphatic carbocycles. The van der Waals surface area contributed by atoms with Crippen LogP contribution in [0.15, 0.2) is 53.4 Å². The van der Waals surface area contributed by atoms with E-state index >= 15 is 0 Å². The minimum absolute atomic E-state index is 0.220. The van der Waals surface area contributed by atoms with Gasteiger partial charge in [0.1, 0.15) is 0 Å². The molecule has 0 bridgehead atoms. The van der Waals surface area contributed by atoms with E-state index in [0.717, 1.165) is 22.1 Å². The maximum absolute atomic E-state index is 6.16. The second-order valence-corrected chi connectivity index (χ2v) is 6.27. The van der Waals surface area contributed by atoms with E-state index in [1.54, 1.807) is 11.8 Å². The summed E-state index contributed by atoms with van der Waals surface area (Å²) >= 11 is 7.89. The SMILES string of the molecule is Cc1cccc(CC(CSc2ccccc2Cl)NN)c1. The molecule has 2 aromatic carbocycles. The number of hydrogen-bond acceptors (Lipinski definition) is 3. The number of hydrogen-bond donors (Lipinski definition) is 2. The third kappa shape index (κ3) is 4.53. The molecule has 0 fully saturated rings. The lowest BCUT2D eigenvalue weighted by atomic mass is 10.1. The van der Waals surface area contributed by atoms with Gasteiger partial charge in [-0.2, -0.15) is 0 Å². The van der Waals surface area contributed by atoms with Gasteiger partial charge in [0.15, 0.2) is 0 Å². The van der Waals surface area contributed by atoms with Crippen molar-refractivity contribution in [1.29, 1.82) is 0 Å². The molecule has 0 aromatic heterocycles. The van der Waals surface area contributed by atoms with Crippen LogP contribution in [0, 0.1) is 6.92 Å². The van der Waals surface area contributed by atoms with Crippen molar-refractivity contribution in [3.63, 3.8) is 0 Å². The summed E-state index contributed by atoms with van der Waals surface area (Å²) in [5.74, 6) is 6.55. The first-order valence-electron chi connectivity index (χ1n) is 6.58. The molecule has 106 valence electrons. The molecule has 3 N–H and O–H groups in total. The highest BCUT2D eigenvalue weighted by Crippen LogP contribution is 2.27. The van der Waals surface area contributed by atoms with Crippen LogP contribution in [-0.2, 0) is 6.42 Å². The third-order valence-corrected chi connectivity index (χ3v) is 4.75. The van der Waals surface area contributed by atoms with Crippen LogP contribution in [0.2, 0.25) is 5.02 Å². The molecule has 1 atom stereocenters. The summed E-state index contributed by atoms with van der Waals surface area (Å²) < 4.78 is 0. The monoisotopic (exact) mass is 306 g/mol. The molecule has 0 amide bonds. The van der Waals surface area contributed by atoms with E-state index in [0.29, 0.717) is 0 Å². The zero-order valence-corrected chi connectivity index (χ0v) is 13.0. The number of thioether (sulfide) groups is 1. The van der Waals surface area contributed by atoms with Crippen LogP contribution in [0.25, 0.3) is 0 Å². The van der Waals surface area contributed by atoms with E-state index in [1.165, 1.54) is 11.1 Å². The van der Waals surface area contributed by atoms with Gasteiger partial charge < -0.3 is 0 Å². The zero-order chi connectivity index (χ0) is 14.4. The number of nitrogens with two attached hydrogens (primary N) is 1. The summed E-state index contributed by atoms with van der Waals surface area (Å²) in [6.45, 7) is 2.10. The number of rotatable bonds is 6. The number of nitrogens with one attached hydrogen (secondary N) is 1. The molecule has 0 heterocycles. The van der Waals surface area contributed by atoms with Crippen LogP contribution in [0.4, 0.5) is 0 Å². The molecule has 2 nitrogen and oxygen atoms in total. The van der Waals surface area contributed by atoms with Crippen molar-refractivity contribution in [3.8, 4) is 0 Å². The van der Waals surface area contributed by atoms with Crippen molar-refractivity contribution in [2.75, 3.05) is 5.75 Å². The molecule has 0 saturated carbocycles. The van der Waals surface area contributed by atoms with E-state index in [2.05, 4.69) is 36.6 Å². The average molecular weight is 307 g/mol. The van der Waals surface area contributed by atoms with Crippen molar-refractivity contribution < 1.29 is 0 Å². The summed E-state index contributed by atoms with van der Waals surface area (Å²) in [7, 11) is 0. The molecule has 0 radical (unpaired) electrons. The van der Waals surface area contributed by atoms with E-state index < -0.39 is 0 Å². The second-order valence-electron chi connectivity index (χ2n) is 4.80. The Balaban J connectivity index is 1.94. The normalized spacial score (nSPS) is 12.3. The summed E-state index contributed by atoms with van der Waals surface area (Å²) in [4.78, 5) is 1.10. The van der Waals surface area contributed by atoms with Gasteiger partial charge >= 0.3 is 0 Å². The highest BCUT2D eigenvalue weighted by atomic mass is 35.5. The summed E-state index contributed by atoms with van der Waals surface area (Å²) in [5, 5.41) is 0.795. The first-order valence-corrected chi connectivity index (χ1v) is 7.94. The van der Waals surface area contributed by atoms with Gasteiger partial charge in [0.05, 0.1) is 5.02 Å². The maximum atomic E-state index is 6.16. The van der Waals surface area contributed by atoms with E-state index in [4.69, 9.17) is 17.4 Å². The van der Waals surface area contributed by atoms with Crippen molar-refractivity contribution in [3.05, 3.63) is 64.7 Å². The molecule has 0 aliphatic heterocycles. The fourth-order valence-corrected chi connectivity index (χ4v) is 3.32. The van der Waals surface area contributed by atoms with Gasteiger partial charge in [0.2, 0.25) is 0 Å². The van der Waals surface area contributed by atoms with Crippen molar-refractivity contribution >= 4 is 23.4 Å². The summed E-state index contributed by atoms with van der Waals surface area (Å²) in [5.41, 5.74) is 5.47. The van der Waals surface area contributed by atoms with Gasteiger partial charge in [-0.1, -0.05) is 53.6 Å². The molecule has 0 aliphatic rings. The number of benzene rings is 2. The highest BCUT2D eigenvalue weighted by molar-refractivity contribution is 7.99. The topological polar surface area (TPSA) is 38.0 Å². The molecule has 0 spiro atoms. The quantitative estimate of drug-likeness (QED) is 0.484. The lowest BCUT2D eigenvalue weighted by Gasteiger charge is -2.16. The van der Waals surface area contributed by atoms with Gasteiger partial charge in [-0.15, -0.1) is 11.8 Å². The van der Waals surface area contributed by atoms with Gasteiger partial charge in [0.25, 0.3) is 0 Å². The zero-order valence-electron chi connectivity index (χ0n) is 11.5. The predicted octanol–water partition coefficient (Wildman–Crippen LogP) is 3.82. The summed E-state index contributed by atoms with van der Waals surface area (Å²) in [6.07, 6.45) is 0.912. The molecule has 2 rings (SSSR count). The third-order valence-electron chi connectivity index (χ3n) is 3.08. The van der Waals surface area contributed by atoms with Crippen LogP contribution in [-0.4, -0.2) is 11.8 Å². The Kier molecular flexibility index (Phi) is 5.92. The van der Waals surface area contributed by atoms with Gasteiger partial charge in [-0.05, 0) is 31.0 Å². The first kappa shape index (κ1) is 15.4. The number of aryl methyl sites for hydroxylation is 1. The minimum atomic E-state index is 0.220. The van der Waals surface area contributed by atoms with E-state index in [-0.39, 0.29) is 6.04 Å². The number of halogens is 1. The fourth-order valence-electron chi connectivity index (χ4n) is 2.04. The fraction of sp³-hybridized carbons (Fsp3) is 0.250. The summed E-state index contributed by atoms with van der Waals surface area (Å²) in [6, 6.07) is 16.6. The van der Waals surface area contributed by atoms with Crippen LogP contribution in [0.3, 0.4) is 0 Å². The van der Waals surface area contributed by atoms with E-state index in [1.807, 2.05) is 24.3 Å². The van der Waals surface area contributed by atoms with Crippen LogP contribution >= 0.6 is 23.4 Å². The first-order chi connectivity index (χ1) is 9.69. The van der Waals surface area contributed by atoms with Crippen molar-refractivity contribution in [1.82, 2.24) is 5.43 Å². The lowest BCUT2D eigenvalue weighted by molar-refractivity contribution is 0.575. The average Bonchev–Trinajstić information content (AvgIpc) is 2.45. The standard InChI is InChI=1S/C16H19ClN2S/c1-12-5-4-6-13(9-12)10-14(19-18)11-20-16-8-3-2-7-15(16)17/h2-9,14,19H,10-11,18H2,1H3. The van der Waals surface area contributed by atoms with E-state index in [9.17, 15) is 0 Å². The Morgan fingerprint density at radius 2 is 2.00 bits per heavy atom. The largest absolute Gasteiger partial charge is 0.271 e. The van der Waals surface area contributed by atoms with Gasteiger partial charge in [-0.3, -0.25) is 11.3 Å². The highest BCUT2D eigenvalue weighted by Gasteiger charge is 2.10. The molecule has 4 heteroatoms. The van der Waals surface area contributed by atoms with Crippen LogP contribution < -0.4 is 11.3 Å². The molecular formula is C16H19ClN2S. The minimum Gasteiger partial charge on any atom is -0.271 e.